The summed E-state index contributed by atoms with van der Waals surface area (Å²) in [6.07, 6.45) is 2.75. The van der Waals surface area contributed by atoms with E-state index in [4.69, 9.17) is 32.7 Å². The van der Waals surface area contributed by atoms with Gasteiger partial charge in [-0.2, -0.15) is 0 Å². The molecule has 0 saturated carbocycles. The molecule has 0 radical (unpaired) electrons. The number of thioether (sulfide) groups is 1. The van der Waals surface area contributed by atoms with Gasteiger partial charge in [-0.25, -0.2) is 0 Å². The van der Waals surface area contributed by atoms with Gasteiger partial charge in [0, 0.05) is 24.4 Å². The van der Waals surface area contributed by atoms with Crippen LogP contribution >= 0.6 is 35.0 Å². The van der Waals surface area contributed by atoms with Crippen molar-refractivity contribution >= 4 is 41.7 Å². The smallest absolute Gasteiger partial charge is 0.161 e. The summed E-state index contributed by atoms with van der Waals surface area (Å²) in [5.74, 6) is 3.20. The van der Waals surface area contributed by atoms with E-state index in [1.165, 1.54) is 5.56 Å². The third-order valence-corrected chi connectivity index (χ3v) is 6.98. The molecule has 0 saturated heterocycles. The minimum atomic E-state index is -0.306. The highest BCUT2D eigenvalue weighted by Crippen LogP contribution is 2.38. The summed E-state index contributed by atoms with van der Waals surface area (Å²) >= 11 is 14.0. The lowest BCUT2D eigenvalue weighted by molar-refractivity contribution is 0.351. The average molecular weight is 481 g/mol. The molecule has 0 N–H and O–H groups in total. The van der Waals surface area contributed by atoms with Gasteiger partial charge in [-0.1, -0.05) is 49.2 Å². The maximum atomic E-state index is 6.11. The second-order valence-electron chi connectivity index (χ2n) is 7.63. The first-order chi connectivity index (χ1) is 14.7. The van der Waals surface area contributed by atoms with Crippen LogP contribution in [0.1, 0.15) is 25.0 Å². The van der Waals surface area contributed by atoms with Gasteiger partial charge < -0.3 is 14.4 Å². The lowest BCUT2D eigenvalue weighted by Gasteiger charge is -2.35. The van der Waals surface area contributed by atoms with Gasteiger partial charge in [0.15, 0.2) is 11.5 Å². The lowest BCUT2D eigenvalue weighted by atomic mass is 9.81. The first-order valence-corrected chi connectivity index (χ1v) is 11.8. The number of aliphatic imine (C=N–C) groups is 1. The van der Waals surface area contributed by atoms with E-state index in [2.05, 4.69) is 43.6 Å². The molecule has 0 spiro atoms. The number of methoxy groups -OCH3 is 2. The Morgan fingerprint density at radius 3 is 2.42 bits per heavy atom. The van der Waals surface area contributed by atoms with Gasteiger partial charge in [-0.3, -0.25) is 4.99 Å². The lowest BCUT2D eigenvalue weighted by Crippen LogP contribution is -2.32. The molecule has 2 aromatic rings. The Morgan fingerprint density at radius 1 is 1.10 bits per heavy atom. The normalized spacial score (nSPS) is 11.9. The first-order valence-electron chi connectivity index (χ1n) is 9.86. The Morgan fingerprint density at radius 2 is 1.81 bits per heavy atom. The molecule has 0 heterocycles. The molecule has 0 unspecified atom stereocenters. The summed E-state index contributed by atoms with van der Waals surface area (Å²) in [6.45, 7) is 8.01. The standard InChI is InChI=1S/C24H30Cl2N2O2S/c1-24(2,18-8-10-21(29-5)22(14-18)30-6)23(15-27-3)28(4)16-31-12-11-17-7-9-19(25)20(26)13-17/h7-10,13-15H,3,11-12,16H2,1-2,4-6H3/b23-15-. The monoisotopic (exact) mass is 480 g/mol. The van der Waals surface area contributed by atoms with Crippen LogP contribution in [-0.2, 0) is 11.8 Å². The largest absolute Gasteiger partial charge is 0.493 e. The van der Waals surface area contributed by atoms with Gasteiger partial charge in [0.25, 0.3) is 0 Å². The van der Waals surface area contributed by atoms with E-state index in [0.29, 0.717) is 21.5 Å². The molecule has 0 fully saturated rings. The molecule has 168 valence electrons. The molecular weight excluding hydrogens is 451 g/mol. The van der Waals surface area contributed by atoms with Crippen LogP contribution in [0.5, 0.6) is 11.5 Å². The summed E-state index contributed by atoms with van der Waals surface area (Å²) in [6, 6.07) is 11.8. The molecule has 0 atom stereocenters. The number of allylic oxidation sites excluding steroid dienone is 1. The fourth-order valence-corrected chi connectivity index (χ4v) is 4.60. The minimum absolute atomic E-state index is 0.306. The molecule has 0 aromatic heterocycles. The Balaban J connectivity index is 2.08. The predicted molar refractivity (Wildman–Crippen MR) is 135 cm³/mol. The van der Waals surface area contributed by atoms with Gasteiger partial charge in [0.1, 0.15) is 0 Å². The van der Waals surface area contributed by atoms with Gasteiger partial charge in [-0.05, 0) is 54.3 Å². The van der Waals surface area contributed by atoms with Crippen molar-refractivity contribution in [3.05, 3.63) is 69.5 Å². The number of halogens is 2. The first kappa shape index (κ1) is 25.4. The molecule has 0 amide bonds. The minimum Gasteiger partial charge on any atom is -0.493 e. The van der Waals surface area contributed by atoms with Crippen molar-refractivity contribution in [2.45, 2.75) is 25.7 Å². The Kier molecular flexibility index (Phi) is 9.60. The highest BCUT2D eigenvalue weighted by atomic mass is 35.5. The number of hydrogen-bond donors (Lipinski definition) is 0. The Labute approximate surface area is 200 Å². The van der Waals surface area contributed by atoms with Crippen molar-refractivity contribution < 1.29 is 9.47 Å². The number of rotatable bonds is 11. The van der Waals surface area contributed by atoms with Gasteiger partial charge in [0.05, 0.1) is 30.1 Å². The van der Waals surface area contributed by atoms with E-state index in [1.54, 1.807) is 14.2 Å². The summed E-state index contributed by atoms with van der Waals surface area (Å²) in [4.78, 5) is 6.29. The number of ether oxygens (including phenoxy) is 2. The van der Waals surface area contributed by atoms with E-state index in [1.807, 2.05) is 48.3 Å². The molecule has 4 nitrogen and oxygen atoms in total. The summed E-state index contributed by atoms with van der Waals surface area (Å²) in [5, 5.41) is 1.18. The van der Waals surface area contributed by atoms with Crippen molar-refractivity contribution in [2.24, 2.45) is 4.99 Å². The third kappa shape index (κ3) is 6.58. The number of benzene rings is 2. The van der Waals surface area contributed by atoms with E-state index in [9.17, 15) is 0 Å². The summed E-state index contributed by atoms with van der Waals surface area (Å²) < 4.78 is 10.9. The van der Waals surface area contributed by atoms with Gasteiger partial charge in [-0.15, -0.1) is 11.8 Å². The maximum Gasteiger partial charge on any atom is 0.161 e. The SMILES string of the molecule is C=N/C=C(\N(C)CSCCc1ccc(Cl)c(Cl)c1)C(C)(C)c1ccc(OC)c(OC)c1. The van der Waals surface area contributed by atoms with Crippen LogP contribution in [0.25, 0.3) is 0 Å². The molecular formula is C24H30Cl2N2O2S. The molecule has 7 heteroatoms. The molecule has 0 bridgehead atoms. The van der Waals surface area contributed by atoms with Crippen LogP contribution in [0.2, 0.25) is 10.0 Å². The second-order valence-corrected chi connectivity index (χ2v) is 9.51. The molecule has 0 aliphatic heterocycles. The van der Waals surface area contributed by atoms with Crippen molar-refractivity contribution in [3.8, 4) is 11.5 Å². The van der Waals surface area contributed by atoms with Crippen LogP contribution in [-0.4, -0.2) is 44.5 Å². The fraction of sp³-hybridized carbons (Fsp3) is 0.375. The average Bonchev–Trinajstić information content (AvgIpc) is 2.76. The number of nitrogens with zero attached hydrogens (tertiary/aromatic N) is 2. The topological polar surface area (TPSA) is 34.1 Å². The van der Waals surface area contributed by atoms with Crippen LogP contribution in [0.4, 0.5) is 0 Å². The van der Waals surface area contributed by atoms with Crippen molar-refractivity contribution in [1.29, 1.82) is 0 Å². The van der Waals surface area contributed by atoms with Crippen molar-refractivity contribution in [3.63, 3.8) is 0 Å². The Bertz CT molecular complexity index is 932. The number of hydrogen-bond acceptors (Lipinski definition) is 5. The highest BCUT2D eigenvalue weighted by molar-refractivity contribution is 7.99. The zero-order valence-electron chi connectivity index (χ0n) is 18.7. The van der Waals surface area contributed by atoms with Gasteiger partial charge in [0.2, 0.25) is 0 Å². The second kappa shape index (κ2) is 11.7. The van der Waals surface area contributed by atoms with Crippen LogP contribution < -0.4 is 9.47 Å². The van der Waals surface area contributed by atoms with Crippen molar-refractivity contribution in [2.75, 3.05) is 32.9 Å². The fourth-order valence-electron chi connectivity index (χ4n) is 3.35. The predicted octanol–water partition coefficient (Wildman–Crippen LogP) is 6.70. The molecule has 0 aliphatic rings. The Hall–Kier alpha value is -1.82. The van der Waals surface area contributed by atoms with E-state index < -0.39 is 0 Å². The molecule has 2 rings (SSSR count). The van der Waals surface area contributed by atoms with Gasteiger partial charge >= 0.3 is 0 Å². The highest BCUT2D eigenvalue weighted by Gasteiger charge is 2.29. The summed E-state index contributed by atoms with van der Waals surface area (Å²) in [7, 11) is 5.36. The van der Waals surface area contributed by atoms with Crippen molar-refractivity contribution in [1.82, 2.24) is 4.90 Å². The quantitative estimate of drug-likeness (QED) is 0.203. The molecule has 0 aliphatic carbocycles. The number of aryl methyl sites for hydroxylation is 1. The third-order valence-electron chi connectivity index (χ3n) is 5.17. The molecule has 2 aromatic carbocycles. The van der Waals surface area contributed by atoms with Crippen LogP contribution in [0.3, 0.4) is 0 Å². The maximum absolute atomic E-state index is 6.11. The molecule has 31 heavy (non-hydrogen) atoms. The van der Waals surface area contributed by atoms with Crippen LogP contribution in [0.15, 0.2) is 53.3 Å². The van der Waals surface area contributed by atoms with Crippen LogP contribution in [0, 0.1) is 0 Å². The van der Waals surface area contributed by atoms with E-state index in [-0.39, 0.29) is 5.41 Å². The van der Waals surface area contributed by atoms with E-state index in [0.717, 1.165) is 29.3 Å². The summed E-state index contributed by atoms with van der Waals surface area (Å²) in [5.41, 5.74) is 3.04. The zero-order chi connectivity index (χ0) is 23.0. The van der Waals surface area contributed by atoms with E-state index >= 15 is 0 Å². The number of likely N-dealkylation sites (N-methyl/N-ethyl adjacent to an activating group) is 1. The zero-order valence-corrected chi connectivity index (χ0v) is 21.1.